The molecule has 1 heterocycles. The summed E-state index contributed by atoms with van der Waals surface area (Å²) in [6, 6.07) is 15.6. The summed E-state index contributed by atoms with van der Waals surface area (Å²) in [6.45, 7) is 9.23. The van der Waals surface area contributed by atoms with Crippen LogP contribution < -0.4 is 14.9 Å². The van der Waals surface area contributed by atoms with Gasteiger partial charge in [-0.05, 0) is 42.2 Å². The molecule has 0 radical (unpaired) electrons. The van der Waals surface area contributed by atoms with E-state index in [2.05, 4.69) is 53.6 Å². The van der Waals surface area contributed by atoms with Crippen LogP contribution in [0, 0.1) is 6.92 Å². The van der Waals surface area contributed by atoms with Crippen molar-refractivity contribution in [1.82, 2.24) is 15.6 Å². The molecule has 9 heteroatoms. The first-order chi connectivity index (χ1) is 15.8. The zero-order chi connectivity index (χ0) is 23.7. The number of nitrogens with zero attached hydrogens (tertiary/aromatic N) is 3. The summed E-state index contributed by atoms with van der Waals surface area (Å²) in [5.41, 5.74) is 4.67. The van der Waals surface area contributed by atoms with Gasteiger partial charge in [0.15, 0.2) is 4.34 Å². The number of aryl methyl sites for hydroxylation is 1. The van der Waals surface area contributed by atoms with Gasteiger partial charge in [-0.1, -0.05) is 68.1 Å². The van der Waals surface area contributed by atoms with Crippen molar-refractivity contribution < 1.29 is 14.3 Å². The van der Waals surface area contributed by atoms with Crippen LogP contribution in [0.15, 0.2) is 58.0 Å². The van der Waals surface area contributed by atoms with Gasteiger partial charge >= 0.3 is 0 Å². The molecule has 3 aromatic rings. The maximum Gasteiger partial charge on any atom is 0.250 e. The van der Waals surface area contributed by atoms with Crippen LogP contribution in [0.25, 0.3) is 0 Å². The van der Waals surface area contributed by atoms with Crippen LogP contribution in [0.5, 0.6) is 11.5 Å². The van der Waals surface area contributed by atoms with Gasteiger partial charge in [0.05, 0.1) is 12.0 Å². The van der Waals surface area contributed by atoms with E-state index in [1.807, 2.05) is 43.3 Å². The van der Waals surface area contributed by atoms with Gasteiger partial charge in [0, 0.05) is 5.56 Å². The standard InChI is InChI=1S/C24H28N4O3S2/c1-17-26-28-23(33-17)32-16-22(29)27-25-15-18-7-5-6-8-21(18)31-14-13-30-20-11-9-19(10-12-20)24(2,3)4/h5-12,15H,13-14,16H2,1-4H3,(H,27,29). The number of carbonyl (C=O) groups excluding carboxylic acids is 1. The molecule has 0 aliphatic heterocycles. The maximum absolute atomic E-state index is 12.0. The first kappa shape index (κ1) is 24.7. The quantitative estimate of drug-likeness (QED) is 0.192. The van der Waals surface area contributed by atoms with Crippen molar-refractivity contribution >= 4 is 35.2 Å². The molecule has 0 aliphatic rings. The van der Waals surface area contributed by atoms with E-state index in [0.717, 1.165) is 20.7 Å². The molecule has 1 N–H and O–H groups in total. The van der Waals surface area contributed by atoms with Crippen molar-refractivity contribution in [3.8, 4) is 11.5 Å². The van der Waals surface area contributed by atoms with E-state index < -0.39 is 0 Å². The minimum atomic E-state index is -0.214. The predicted octanol–water partition coefficient (Wildman–Crippen LogP) is 4.84. The molecule has 0 unspecified atom stereocenters. The van der Waals surface area contributed by atoms with Crippen molar-refractivity contribution in [2.75, 3.05) is 19.0 Å². The predicted molar refractivity (Wildman–Crippen MR) is 134 cm³/mol. The Bertz CT molecular complexity index is 1080. The summed E-state index contributed by atoms with van der Waals surface area (Å²) in [4.78, 5) is 12.0. The van der Waals surface area contributed by atoms with E-state index in [0.29, 0.717) is 19.0 Å². The first-order valence-corrected chi connectivity index (χ1v) is 12.3. The average molecular weight is 485 g/mol. The number of carbonyl (C=O) groups is 1. The van der Waals surface area contributed by atoms with Gasteiger partial charge in [-0.15, -0.1) is 10.2 Å². The Balaban J connectivity index is 1.43. The second-order valence-electron chi connectivity index (χ2n) is 8.18. The molecule has 3 rings (SSSR count). The lowest BCUT2D eigenvalue weighted by Crippen LogP contribution is -2.19. The van der Waals surface area contributed by atoms with Gasteiger partial charge in [0.25, 0.3) is 5.91 Å². The molecule has 0 spiro atoms. The number of para-hydroxylation sites is 1. The molecule has 0 saturated carbocycles. The largest absolute Gasteiger partial charge is 0.490 e. The zero-order valence-corrected chi connectivity index (χ0v) is 20.8. The minimum absolute atomic E-state index is 0.114. The topological polar surface area (TPSA) is 85.7 Å². The number of ether oxygens (including phenoxy) is 2. The Labute approximate surface area is 202 Å². The number of benzene rings is 2. The SMILES string of the molecule is Cc1nnc(SCC(=O)NN=Cc2ccccc2OCCOc2ccc(C(C)(C)C)cc2)s1. The van der Waals surface area contributed by atoms with Crippen molar-refractivity contribution in [2.24, 2.45) is 5.10 Å². The average Bonchev–Trinajstić information content (AvgIpc) is 3.21. The van der Waals surface area contributed by atoms with Crippen LogP contribution in [0.2, 0.25) is 0 Å². The summed E-state index contributed by atoms with van der Waals surface area (Å²) in [5, 5.41) is 12.8. The molecule has 2 aromatic carbocycles. The Hall–Kier alpha value is -2.91. The van der Waals surface area contributed by atoms with Crippen LogP contribution in [0.3, 0.4) is 0 Å². The van der Waals surface area contributed by atoms with Crippen molar-refractivity contribution in [3.05, 3.63) is 64.7 Å². The summed E-state index contributed by atoms with van der Waals surface area (Å²) in [7, 11) is 0. The van der Waals surface area contributed by atoms with Gasteiger partial charge < -0.3 is 9.47 Å². The number of rotatable bonds is 10. The number of hydrogen-bond donors (Lipinski definition) is 1. The second kappa shape index (κ2) is 11.8. The fraction of sp³-hybridized carbons (Fsp3) is 0.333. The minimum Gasteiger partial charge on any atom is -0.490 e. The highest BCUT2D eigenvalue weighted by molar-refractivity contribution is 8.01. The van der Waals surface area contributed by atoms with E-state index in [1.165, 1.54) is 28.7 Å². The number of nitrogens with one attached hydrogen (secondary N) is 1. The fourth-order valence-corrected chi connectivity index (χ4v) is 4.36. The molecule has 1 amide bonds. The molecule has 0 fully saturated rings. The van der Waals surface area contributed by atoms with Crippen LogP contribution in [0.4, 0.5) is 0 Å². The third-order valence-electron chi connectivity index (χ3n) is 4.48. The van der Waals surface area contributed by atoms with E-state index in [1.54, 1.807) is 6.21 Å². The van der Waals surface area contributed by atoms with Crippen molar-refractivity contribution in [2.45, 2.75) is 37.4 Å². The maximum atomic E-state index is 12.0. The molecule has 1 aromatic heterocycles. The lowest BCUT2D eigenvalue weighted by Gasteiger charge is -2.19. The summed E-state index contributed by atoms with van der Waals surface area (Å²) < 4.78 is 12.4. The normalized spacial score (nSPS) is 11.5. The molecule has 0 bridgehead atoms. The highest BCUT2D eigenvalue weighted by Gasteiger charge is 2.13. The smallest absolute Gasteiger partial charge is 0.250 e. The lowest BCUT2D eigenvalue weighted by atomic mass is 9.87. The summed E-state index contributed by atoms with van der Waals surface area (Å²) in [6.07, 6.45) is 1.57. The van der Waals surface area contributed by atoms with Crippen LogP contribution in [0.1, 0.15) is 36.9 Å². The Morgan fingerprint density at radius 2 is 1.82 bits per heavy atom. The van der Waals surface area contributed by atoms with Gasteiger partial charge in [-0.3, -0.25) is 4.79 Å². The van der Waals surface area contributed by atoms with Crippen LogP contribution >= 0.6 is 23.1 Å². The summed E-state index contributed by atoms with van der Waals surface area (Å²) in [5.74, 6) is 1.48. The van der Waals surface area contributed by atoms with Gasteiger partial charge in [-0.25, -0.2) is 5.43 Å². The number of hydrogen-bond acceptors (Lipinski definition) is 8. The monoisotopic (exact) mass is 484 g/mol. The van der Waals surface area contributed by atoms with Crippen LogP contribution in [-0.4, -0.2) is 41.3 Å². The Morgan fingerprint density at radius 1 is 1.09 bits per heavy atom. The molecular formula is C24H28N4O3S2. The molecule has 0 saturated heterocycles. The van der Waals surface area contributed by atoms with Crippen LogP contribution in [-0.2, 0) is 10.2 Å². The van der Waals surface area contributed by atoms with E-state index in [-0.39, 0.29) is 17.1 Å². The Kier molecular flexibility index (Phi) is 8.85. The van der Waals surface area contributed by atoms with E-state index in [4.69, 9.17) is 9.47 Å². The molecule has 33 heavy (non-hydrogen) atoms. The fourth-order valence-electron chi connectivity index (χ4n) is 2.75. The lowest BCUT2D eigenvalue weighted by molar-refractivity contribution is -0.118. The number of hydrazone groups is 1. The number of thioether (sulfide) groups is 1. The molecule has 0 atom stereocenters. The molecule has 7 nitrogen and oxygen atoms in total. The third kappa shape index (κ3) is 8.18. The van der Waals surface area contributed by atoms with Crippen molar-refractivity contribution in [3.63, 3.8) is 0 Å². The first-order valence-electron chi connectivity index (χ1n) is 10.5. The number of aromatic nitrogens is 2. The van der Waals surface area contributed by atoms with Crippen molar-refractivity contribution in [1.29, 1.82) is 0 Å². The van der Waals surface area contributed by atoms with E-state index in [9.17, 15) is 4.79 Å². The third-order valence-corrected chi connectivity index (χ3v) is 6.45. The highest BCUT2D eigenvalue weighted by Crippen LogP contribution is 2.24. The van der Waals surface area contributed by atoms with E-state index >= 15 is 0 Å². The highest BCUT2D eigenvalue weighted by atomic mass is 32.2. The van der Waals surface area contributed by atoms with Gasteiger partial charge in [0.2, 0.25) is 0 Å². The Morgan fingerprint density at radius 3 is 2.52 bits per heavy atom. The molecule has 174 valence electrons. The second-order valence-corrected chi connectivity index (χ2v) is 10.6. The van der Waals surface area contributed by atoms with Gasteiger partial charge in [0.1, 0.15) is 29.7 Å². The number of amides is 1. The zero-order valence-electron chi connectivity index (χ0n) is 19.2. The summed E-state index contributed by atoms with van der Waals surface area (Å²) >= 11 is 2.79. The van der Waals surface area contributed by atoms with Gasteiger partial charge in [-0.2, -0.15) is 5.10 Å². The molecule has 0 aliphatic carbocycles. The molecular weight excluding hydrogens is 456 g/mol.